The molecule has 0 amide bonds. The van der Waals surface area contributed by atoms with Crippen LogP contribution in [0.4, 0.5) is 0 Å². The molecule has 1 aliphatic carbocycles. The van der Waals surface area contributed by atoms with E-state index < -0.39 is 9.92 Å². The molecule has 3 atom stereocenters. The summed E-state index contributed by atoms with van der Waals surface area (Å²) in [5, 5.41) is 0. The van der Waals surface area contributed by atoms with Crippen molar-refractivity contribution in [3.05, 3.63) is 0 Å². The molecule has 0 aromatic heterocycles. The van der Waals surface area contributed by atoms with Crippen LogP contribution in [0.3, 0.4) is 0 Å². The van der Waals surface area contributed by atoms with Gasteiger partial charge in [0.1, 0.15) is 9.92 Å². The zero-order chi connectivity index (χ0) is 9.47. The summed E-state index contributed by atoms with van der Waals surface area (Å²) >= 11 is 0. The largest absolute Gasteiger partial charge is 0.240 e. The van der Waals surface area contributed by atoms with Crippen molar-refractivity contribution in [1.29, 1.82) is 4.78 Å². The molecule has 3 nitrogen and oxygen atoms in total. The van der Waals surface area contributed by atoms with Gasteiger partial charge in [-0.2, -0.15) is 0 Å². The highest BCUT2D eigenvalue weighted by Crippen LogP contribution is 2.39. The van der Waals surface area contributed by atoms with Crippen LogP contribution in [0, 0.1) is 10.7 Å². The predicted molar refractivity (Wildman–Crippen MR) is 53.9 cm³/mol. The average Bonchev–Trinajstić information content (AvgIpc) is 2.63. The van der Waals surface area contributed by atoms with E-state index in [4.69, 9.17) is 4.78 Å². The van der Waals surface area contributed by atoms with Crippen LogP contribution < -0.4 is 0 Å². The molecule has 1 N–H and O–H groups in total. The molecule has 2 aliphatic rings. The van der Waals surface area contributed by atoms with E-state index in [1.54, 1.807) is 0 Å². The summed E-state index contributed by atoms with van der Waals surface area (Å²) in [6.07, 6.45) is 4.52. The van der Waals surface area contributed by atoms with Crippen molar-refractivity contribution >= 4 is 9.92 Å². The molecular formula is C9H18N2OS. The van der Waals surface area contributed by atoms with Crippen molar-refractivity contribution in [2.75, 3.05) is 12.3 Å². The zero-order valence-corrected chi connectivity index (χ0v) is 8.98. The fourth-order valence-corrected chi connectivity index (χ4v) is 4.55. The fraction of sp³-hybridized carbons (Fsp3) is 1.00. The third-order valence-corrected chi connectivity index (χ3v) is 5.39. The molecule has 2 rings (SSSR count). The first kappa shape index (κ1) is 9.46. The topological polar surface area (TPSA) is 44.2 Å². The lowest BCUT2D eigenvalue weighted by Gasteiger charge is -2.28. The summed E-state index contributed by atoms with van der Waals surface area (Å²) < 4.78 is 21.8. The highest BCUT2D eigenvalue weighted by Gasteiger charge is 2.41. The quantitative estimate of drug-likeness (QED) is 0.745. The number of fused-ring (bicyclic) bond motifs is 2. The Morgan fingerprint density at radius 2 is 2.31 bits per heavy atom. The number of nitrogens with one attached hydrogen (secondary N) is 1. The molecule has 76 valence electrons. The number of hydrogen-bond donors (Lipinski definition) is 1. The van der Waals surface area contributed by atoms with Crippen molar-refractivity contribution in [2.24, 2.45) is 5.92 Å². The molecule has 3 unspecified atom stereocenters. The van der Waals surface area contributed by atoms with Crippen molar-refractivity contribution in [1.82, 2.24) is 4.31 Å². The molecule has 2 bridgehead atoms. The van der Waals surface area contributed by atoms with E-state index in [1.165, 1.54) is 19.3 Å². The van der Waals surface area contributed by atoms with Gasteiger partial charge in [-0.15, -0.1) is 0 Å². The second-order valence-corrected chi connectivity index (χ2v) is 6.44. The second-order valence-electron chi connectivity index (χ2n) is 4.28. The number of piperidine rings is 1. The lowest BCUT2D eigenvalue weighted by atomic mass is 10.1. The smallest absolute Gasteiger partial charge is 0.108 e. The Bertz CT molecular complexity index is 286. The molecule has 0 radical (unpaired) electrons. The number of hydrogen-bond acceptors (Lipinski definition) is 2. The van der Waals surface area contributed by atoms with Crippen LogP contribution in [0.5, 0.6) is 0 Å². The normalized spacial score (nSPS) is 37.9. The van der Waals surface area contributed by atoms with Crippen molar-refractivity contribution in [3.63, 3.8) is 0 Å². The Hall–Kier alpha value is -0.0900. The van der Waals surface area contributed by atoms with Crippen molar-refractivity contribution < 1.29 is 4.21 Å². The Labute approximate surface area is 80.6 Å². The maximum atomic E-state index is 12.0. The van der Waals surface area contributed by atoms with Crippen LogP contribution in [0.25, 0.3) is 0 Å². The minimum absolute atomic E-state index is 0.474. The minimum Gasteiger partial charge on any atom is -0.240 e. The van der Waals surface area contributed by atoms with E-state index in [2.05, 4.69) is 0 Å². The van der Waals surface area contributed by atoms with Gasteiger partial charge in [0.2, 0.25) is 0 Å². The van der Waals surface area contributed by atoms with Crippen LogP contribution in [-0.4, -0.2) is 26.9 Å². The summed E-state index contributed by atoms with van der Waals surface area (Å²) in [5.74, 6) is 1.30. The first-order chi connectivity index (χ1) is 6.13. The molecule has 1 saturated carbocycles. The van der Waals surface area contributed by atoms with Crippen molar-refractivity contribution in [3.8, 4) is 0 Å². The third kappa shape index (κ3) is 1.62. The Balaban J connectivity index is 2.10. The summed E-state index contributed by atoms with van der Waals surface area (Å²) in [5.41, 5.74) is 0. The van der Waals surface area contributed by atoms with Gasteiger partial charge in [-0.25, -0.2) is 13.3 Å². The van der Waals surface area contributed by atoms with Gasteiger partial charge in [-0.05, 0) is 31.6 Å². The zero-order valence-electron chi connectivity index (χ0n) is 8.16. The van der Waals surface area contributed by atoms with Gasteiger partial charge in [0.15, 0.2) is 0 Å². The van der Waals surface area contributed by atoms with E-state index in [-0.39, 0.29) is 0 Å². The van der Waals surface area contributed by atoms with Gasteiger partial charge in [0.25, 0.3) is 0 Å². The lowest BCUT2D eigenvalue weighted by Crippen LogP contribution is -2.38. The third-order valence-electron chi connectivity index (χ3n) is 3.22. The molecule has 0 aromatic carbocycles. The molecule has 4 heteroatoms. The predicted octanol–water partition coefficient (Wildman–Crippen LogP) is 1.84. The molecule has 0 aromatic rings. The van der Waals surface area contributed by atoms with Gasteiger partial charge in [0, 0.05) is 18.3 Å². The molecular weight excluding hydrogens is 184 g/mol. The van der Waals surface area contributed by atoms with E-state index in [0.29, 0.717) is 11.8 Å². The molecule has 2 fully saturated rings. The lowest BCUT2D eigenvalue weighted by molar-refractivity contribution is 0.347. The number of nitrogens with zero attached hydrogens (tertiary/aromatic N) is 1. The van der Waals surface area contributed by atoms with Gasteiger partial charge < -0.3 is 0 Å². The SMILES string of the molecule is CCCS(=N)(=O)N1CC2CCC1C2. The van der Waals surface area contributed by atoms with E-state index in [1.807, 2.05) is 11.2 Å². The highest BCUT2D eigenvalue weighted by atomic mass is 32.2. The van der Waals surface area contributed by atoms with Gasteiger partial charge in [0.05, 0.1) is 0 Å². The fourth-order valence-electron chi connectivity index (χ4n) is 2.63. The summed E-state index contributed by atoms with van der Waals surface area (Å²) in [7, 11) is -2.41. The first-order valence-corrected chi connectivity index (χ1v) is 6.85. The maximum absolute atomic E-state index is 12.0. The van der Waals surface area contributed by atoms with Crippen molar-refractivity contribution in [2.45, 2.75) is 38.6 Å². The van der Waals surface area contributed by atoms with Crippen LogP contribution in [-0.2, 0) is 9.92 Å². The molecule has 1 heterocycles. The monoisotopic (exact) mass is 202 g/mol. The standard InChI is InChI=1S/C9H18N2OS/c1-2-5-13(10,12)11-7-8-3-4-9(11)6-8/h8-10H,2-7H2,1H3. The van der Waals surface area contributed by atoms with Crippen LogP contribution in [0.1, 0.15) is 32.6 Å². The minimum atomic E-state index is -2.41. The van der Waals surface area contributed by atoms with Crippen LogP contribution >= 0.6 is 0 Å². The Morgan fingerprint density at radius 1 is 1.54 bits per heavy atom. The Morgan fingerprint density at radius 3 is 2.77 bits per heavy atom. The molecule has 1 aliphatic heterocycles. The number of rotatable bonds is 3. The van der Waals surface area contributed by atoms with E-state index in [0.717, 1.165) is 18.9 Å². The summed E-state index contributed by atoms with van der Waals surface area (Å²) in [4.78, 5) is 0. The Kier molecular flexibility index (Phi) is 2.36. The maximum Gasteiger partial charge on any atom is 0.108 e. The van der Waals surface area contributed by atoms with Gasteiger partial charge in [-0.1, -0.05) is 6.92 Å². The van der Waals surface area contributed by atoms with Gasteiger partial charge in [-0.3, -0.25) is 0 Å². The first-order valence-electron chi connectivity index (χ1n) is 5.16. The molecule has 1 saturated heterocycles. The van der Waals surface area contributed by atoms with Crippen LogP contribution in [0.15, 0.2) is 0 Å². The highest BCUT2D eigenvalue weighted by molar-refractivity contribution is 7.90. The summed E-state index contributed by atoms with van der Waals surface area (Å²) in [6.45, 7) is 2.93. The second kappa shape index (κ2) is 3.24. The van der Waals surface area contributed by atoms with E-state index >= 15 is 0 Å². The van der Waals surface area contributed by atoms with E-state index in [9.17, 15) is 4.21 Å². The van der Waals surface area contributed by atoms with Gasteiger partial charge >= 0.3 is 0 Å². The van der Waals surface area contributed by atoms with Crippen LogP contribution in [0.2, 0.25) is 0 Å². The average molecular weight is 202 g/mol. The molecule has 13 heavy (non-hydrogen) atoms. The molecule has 0 spiro atoms. The summed E-state index contributed by atoms with van der Waals surface area (Å²) in [6, 6.07) is 0.474.